The predicted molar refractivity (Wildman–Crippen MR) is 134 cm³/mol. The van der Waals surface area contributed by atoms with Crippen LogP contribution in [0.4, 0.5) is 0 Å². The van der Waals surface area contributed by atoms with Gasteiger partial charge in [-0.3, -0.25) is 9.80 Å². The molecule has 3 aromatic rings. The maximum atomic E-state index is 10.5. The zero-order valence-electron chi connectivity index (χ0n) is 18.4. The van der Waals surface area contributed by atoms with Crippen LogP contribution in [0.5, 0.6) is 17.2 Å². The Bertz CT molecular complexity index is 1040. The number of fused-ring (bicyclic) bond motifs is 2. The van der Waals surface area contributed by atoms with Gasteiger partial charge in [-0.1, -0.05) is 42.5 Å². The van der Waals surface area contributed by atoms with Crippen molar-refractivity contribution in [1.29, 1.82) is 0 Å². The van der Waals surface area contributed by atoms with Gasteiger partial charge in [0, 0.05) is 44.7 Å². The van der Waals surface area contributed by atoms with E-state index in [9.17, 15) is 5.11 Å². The molecule has 1 saturated heterocycles. The van der Waals surface area contributed by atoms with Gasteiger partial charge in [0.25, 0.3) is 0 Å². The minimum absolute atomic E-state index is 0. The van der Waals surface area contributed by atoms with Gasteiger partial charge in [0.2, 0.25) is 6.79 Å². The lowest BCUT2D eigenvalue weighted by molar-refractivity contribution is 0.0449. The van der Waals surface area contributed by atoms with Crippen molar-refractivity contribution in [3.63, 3.8) is 0 Å². The number of nitrogens with zero attached hydrogens (tertiary/aromatic N) is 2. The fourth-order valence-electron chi connectivity index (χ4n) is 4.29. The molecule has 0 amide bonds. The number of aliphatic hydroxyl groups excluding tert-OH is 1. The largest absolute Gasteiger partial charge is 0.490 e. The fraction of sp³-hybridized carbons (Fsp3) is 0.360. The number of hydrogen-bond donors (Lipinski definition) is 1. The van der Waals surface area contributed by atoms with Crippen LogP contribution in [0.3, 0.4) is 0 Å². The highest BCUT2D eigenvalue weighted by Gasteiger charge is 2.21. The molecule has 0 bridgehead atoms. The summed E-state index contributed by atoms with van der Waals surface area (Å²) < 4.78 is 16.8. The number of piperazine rings is 1. The molecule has 0 spiro atoms. The maximum absolute atomic E-state index is 10.5. The second kappa shape index (κ2) is 11.8. The highest BCUT2D eigenvalue weighted by molar-refractivity contribution is 5.88. The zero-order valence-corrected chi connectivity index (χ0v) is 20.0. The fourth-order valence-corrected chi connectivity index (χ4v) is 4.29. The Labute approximate surface area is 206 Å². The predicted octanol–water partition coefficient (Wildman–Crippen LogP) is 3.97. The Balaban J connectivity index is 0.00000153. The number of ether oxygens (including phenoxy) is 3. The summed E-state index contributed by atoms with van der Waals surface area (Å²) >= 11 is 0. The average molecular weight is 493 g/mol. The summed E-state index contributed by atoms with van der Waals surface area (Å²) in [5, 5.41) is 12.7. The summed E-state index contributed by atoms with van der Waals surface area (Å²) in [5.74, 6) is 2.49. The first-order valence-corrected chi connectivity index (χ1v) is 10.9. The molecule has 0 saturated carbocycles. The molecule has 1 atom stereocenters. The van der Waals surface area contributed by atoms with E-state index < -0.39 is 6.10 Å². The van der Waals surface area contributed by atoms with Crippen LogP contribution in [0.1, 0.15) is 5.56 Å². The van der Waals surface area contributed by atoms with Gasteiger partial charge in [0.1, 0.15) is 18.5 Å². The maximum Gasteiger partial charge on any atom is 0.231 e. The molecule has 1 fully saturated rings. The highest BCUT2D eigenvalue weighted by Crippen LogP contribution is 2.33. The molecule has 0 aliphatic carbocycles. The summed E-state index contributed by atoms with van der Waals surface area (Å²) in [4.78, 5) is 4.75. The van der Waals surface area contributed by atoms with Crippen LogP contribution in [0.25, 0.3) is 10.8 Å². The Morgan fingerprint density at radius 1 is 0.848 bits per heavy atom. The van der Waals surface area contributed by atoms with Gasteiger partial charge in [-0.2, -0.15) is 0 Å². The topological polar surface area (TPSA) is 54.4 Å². The van der Waals surface area contributed by atoms with Crippen molar-refractivity contribution in [2.45, 2.75) is 12.6 Å². The van der Waals surface area contributed by atoms with Crippen LogP contribution in [0.15, 0.2) is 60.7 Å². The van der Waals surface area contributed by atoms with Gasteiger partial charge in [-0.05, 0) is 29.1 Å². The second-order valence-corrected chi connectivity index (χ2v) is 8.21. The zero-order chi connectivity index (χ0) is 21.0. The number of hydrogen-bond acceptors (Lipinski definition) is 6. The molecule has 2 aliphatic rings. The van der Waals surface area contributed by atoms with E-state index in [1.807, 2.05) is 30.3 Å². The van der Waals surface area contributed by atoms with Gasteiger partial charge in [-0.15, -0.1) is 24.8 Å². The Hall–Kier alpha value is -2.22. The van der Waals surface area contributed by atoms with E-state index in [-0.39, 0.29) is 24.8 Å². The summed E-state index contributed by atoms with van der Waals surface area (Å²) in [7, 11) is 0. The number of benzene rings is 3. The lowest BCUT2D eigenvalue weighted by Crippen LogP contribution is -2.48. The first-order chi connectivity index (χ1) is 15.2. The first kappa shape index (κ1) is 25.4. The molecule has 0 radical (unpaired) electrons. The van der Waals surface area contributed by atoms with Crippen molar-refractivity contribution in [2.24, 2.45) is 0 Å². The third-order valence-corrected chi connectivity index (χ3v) is 5.96. The SMILES string of the molecule is Cl.Cl.OC(COc1cccc2ccccc12)CN1CCN(Cc2ccc3c(c2)OCO3)CC1. The van der Waals surface area contributed by atoms with E-state index in [0.717, 1.165) is 60.7 Å². The van der Waals surface area contributed by atoms with Crippen LogP contribution in [-0.2, 0) is 6.54 Å². The lowest BCUT2D eigenvalue weighted by Gasteiger charge is -2.35. The van der Waals surface area contributed by atoms with Crippen LogP contribution in [-0.4, -0.2) is 67.1 Å². The van der Waals surface area contributed by atoms with Crippen LogP contribution < -0.4 is 14.2 Å². The van der Waals surface area contributed by atoms with Crippen molar-refractivity contribution in [1.82, 2.24) is 9.80 Å². The molecule has 33 heavy (non-hydrogen) atoms. The summed E-state index contributed by atoms with van der Waals surface area (Å²) in [6.45, 7) is 5.97. The molecule has 2 heterocycles. The Morgan fingerprint density at radius 3 is 2.42 bits per heavy atom. The summed E-state index contributed by atoms with van der Waals surface area (Å²) in [6.07, 6.45) is -0.514. The third-order valence-electron chi connectivity index (χ3n) is 5.96. The summed E-state index contributed by atoms with van der Waals surface area (Å²) in [6, 6.07) is 20.3. The minimum atomic E-state index is -0.514. The van der Waals surface area contributed by atoms with Crippen molar-refractivity contribution < 1.29 is 19.3 Å². The van der Waals surface area contributed by atoms with E-state index in [1.54, 1.807) is 0 Å². The van der Waals surface area contributed by atoms with Gasteiger partial charge >= 0.3 is 0 Å². The van der Waals surface area contributed by atoms with Crippen LogP contribution >= 0.6 is 24.8 Å². The standard InChI is InChI=1S/C25H28N2O4.2ClH/c28-21(17-29-23-7-3-5-20-4-1-2-6-22(20)23)16-27-12-10-26(11-13-27)15-19-8-9-24-25(14-19)31-18-30-24;;/h1-9,14,21,28H,10-13,15-18H2;2*1H. The van der Waals surface area contributed by atoms with Gasteiger partial charge in [-0.25, -0.2) is 0 Å². The van der Waals surface area contributed by atoms with Gasteiger partial charge < -0.3 is 19.3 Å². The quantitative estimate of drug-likeness (QED) is 0.538. The minimum Gasteiger partial charge on any atom is -0.490 e. The van der Waals surface area contributed by atoms with Crippen molar-refractivity contribution in [3.8, 4) is 17.2 Å². The van der Waals surface area contributed by atoms with Crippen LogP contribution in [0.2, 0.25) is 0 Å². The monoisotopic (exact) mass is 492 g/mol. The van der Waals surface area contributed by atoms with Crippen molar-refractivity contribution >= 4 is 35.6 Å². The van der Waals surface area contributed by atoms with E-state index in [1.165, 1.54) is 5.56 Å². The number of aliphatic hydroxyl groups is 1. The van der Waals surface area contributed by atoms with Crippen LogP contribution in [0, 0.1) is 0 Å². The number of β-amino-alcohol motifs (C(OH)–C–C–N with tert-alkyl or cyclic N) is 1. The van der Waals surface area contributed by atoms with Gasteiger partial charge in [0.05, 0.1) is 0 Å². The van der Waals surface area contributed by atoms with Crippen molar-refractivity contribution in [3.05, 3.63) is 66.2 Å². The molecule has 2 aliphatic heterocycles. The molecule has 3 aromatic carbocycles. The molecule has 8 heteroatoms. The molecular formula is C25H30Cl2N2O4. The molecule has 6 nitrogen and oxygen atoms in total. The molecule has 5 rings (SSSR count). The highest BCUT2D eigenvalue weighted by atomic mass is 35.5. The average Bonchev–Trinajstić information content (AvgIpc) is 3.27. The van der Waals surface area contributed by atoms with E-state index in [4.69, 9.17) is 14.2 Å². The Morgan fingerprint density at radius 2 is 1.58 bits per heavy atom. The molecule has 1 N–H and O–H groups in total. The number of halogens is 2. The molecule has 178 valence electrons. The molecule has 0 aromatic heterocycles. The number of rotatable bonds is 7. The normalized spacial score (nSPS) is 16.6. The summed E-state index contributed by atoms with van der Waals surface area (Å²) in [5.41, 5.74) is 1.24. The van der Waals surface area contributed by atoms with E-state index in [2.05, 4.69) is 40.1 Å². The third kappa shape index (κ3) is 6.22. The van der Waals surface area contributed by atoms with E-state index >= 15 is 0 Å². The second-order valence-electron chi connectivity index (χ2n) is 8.21. The van der Waals surface area contributed by atoms with E-state index in [0.29, 0.717) is 19.9 Å². The lowest BCUT2D eigenvalue weighted by atomic mass is 10.1. The van der Waals surface area contributed by atoms with Gasteiger partial charge in [0.15, 0.2) is 11.5 Å². The first-order valence-electron chi connectivity index (χ1n) is 10.9. The smallest absolute Gasteiger partial charge is 0.231 e. The van der Waals surface area contributed by atoms with Crippen molar-refractivity contribution in [2.75, 3.05) is 46.1 Å². The molecular weight excluding hydrogens is 463 g/mol. The molecule has 1 unspecified atom stereocenters. The Kier molecular flexibility index (Phi) is 9.06.